The quantitative estimate of drug-likeness (QED) is 0.679. The van der Waals surface area contributed by atoms with Crippen molar-refractivity contribution < 1.29 is 14.3 Å². The summed E-state index contributed by atoms with van der Waals surface area (Å²) in [5, 5.41) is 0. The number of fused-ring (bicyclic) bond motifs is 1. The second-order valence-corrected chi connectivity index (χ2v) is 7.69. The molecule has 0 spiro atoms. The molecule has 2 fully saturated rings. The minimum Gasteiger partial charge on any atom is -0.376 e. The minimum absolute atomic E-state index is 0.226. The molecule has 5 heteroatoms. The third-order valence-electron chi connectivity index (χ3n) is 5.34. The fourth-order valence-corrected chi connectivity index (χ4v) is 3.77. The second-order valence-electron chi connectivity index (χ2n) is 7.69. The van der Waals surface area contributed by atoms with Crippen molar-refractivity contribution >= 4 is 5.91 Å². The molecular weight excluding hydrogens is 316 g/mol. The first-order valence-corrected chi connectivity index (χ1v) is 9.50. The summed E-state index contributed by atoms with van der Waals surface area (Å²) >= 11 is 0. The molecule has 3 heterocycles. The van der Waals surface area contributed by atoms with Crippen molar-refractivity contribution in [2.45, 2.75) is 45.8 Å². The minimum atomic E-state index is 0.226. The van der Waals surface area contributed by atoms with E-state index in [4.69, 9.17) is 9.47 Å². The maximum Gasteiger partial charge on any atom is 0.222 e. The summed E-state index contributed by atoms with van der Waals surface area (Å²) in [6.45, 7) is 8.03. The van der Waals surface area contributed by atoms with Crippen LogP contribution < -0.4 is 0 Å². The molecule has 1 amide bonds. The number of carbonyl (C=O) groups excluding carboxylic acids is 1. The Balaban J connectivity index is 1.39. The van der Waals surface area contributed by atoms with Crippen LogP contribution in [0.1, 0.15) is 38.8 Å². The Hall–Kier alpha value is -1.46. The molecule has 0 saturated carbocycles. The number of hydrogen-bond acceptors (Lipinski definition) is 4. The van der Waals surface area contributed by atoms with E-state index < -0.39 is 0 Å². The third kappa shape index (κ3) is 5.02. The number of carbonyl (C=O) groups is 1. The Labute approximate surface area is 150 Å². The molecule has 0 bridgehead atoms. The number of ether oxygens (including phenoxy) is 2. The van der Waals surface area contributed by atoms with E-state index >= 15 is 0 Å². The lowest BCUT2D eigenvalue weighted by atomic mass is 9.91. The van der Waals surface area contributed by atoms with Gasteiger partial charge in [0.1, 0.15) is 0 Å². The average molecular weight is 346 g/mol. The van der Waals surface area contributed by atoms with E-state index in [2.05, 4.69) is 18.8 Å². The summed E-state index contributed by atoms with van der Waals surface area (Å²) in [5.74, 6) is 1.83. The van der Waals surface area contributed by atoms with Crippen molar-refractivity contribution in [2.24, 2.45) is 17.8 Å². The van der Waals surface area contributed by atoms with Crippen molar-refractivity contribution in [2.75, 3.05) is 26.3 Å². The molecule has 5 nitrogen and oxygen atoms in total. The van der Waals surface area contributed by atoms with Gasteiger partial charge < -0.3 is 14.4 Å². The molecule has 25 heavy (non-hydrogen) atoms. The number of likely N-dealkylation sites (tertiary alicyclic amines) is 1. The predicted molar refractivity (Wildman–Crippen MR) is 95.9 cm³/mol. The van der Waals surface area contributed by atoms with Crippen LogP contribution in [0.25, 0.3) is 0 Å². The van der Waals surface area contributed by atoms with Crippen LogP contribution in [-0.2, 0) is 20.9 Å². The monoisotopic (exact) mass is 346 g/mol. The summed E-state index contributed by atoms with van der Waals surface area (Å²) in [5.41, 5.74) is 0.964. The topological polar surface area (TPSA) is 51.7 Å². The van der Waals surface area contributed by atoms with Crippen LogP contribution in [0.3, 0.4) is 0 Å². The van der Waals surface area contributed by atoms with E-state index in [0.717, 1.165) is 44.8 Å². The first-order chi connectivity index (χ1) is 12.1. The Kier molecular flexibility index (Phi) is 6.43. The molecular formula is C20H30N2O3. The molecule has 0 N–H and O–H groups in total. The van der Waals surface area contributed by atoms with E-state index in [1.807, 2.05) is 23.1 Å². The molecule has 138 valence electrons. The lowest BCUT2D eigenvalue weighted by Crippen LogP contribution is -2.31. The van der Waals surface area contributed by atoms with Crippen LogP contribution in [0.15, 0.2) is 24.4 Å². The number of hydrogen-bond donors (Lipinski definition) is 0. The normalized spacial score (nSPS) is 25.6. The fraction of sp³-hybridized carbons (Fsp3) is 0.700. The van der Waals surface area contributed by atoms with Crippen molar-refractivity contribution in [3.63, 3.8) is 0 Å². The summed E-state index contributed by atoms with van der Waals surface area (Å²) < 4.78 is 11.7. The van der Waals surface area contributed by atoms with Gasteiger partial charge in [-0.3, -0.25) is 9.78 Å². The summed E-state index contributed by atoms with van der Waals surface area (Å²) in [7, 11) is 0. The number of aromatic nitrogens is 1. The summed E-state index contributed by atoms with van der Waals surface area (Å²) in [6.07, 6.45) is 4.63. The molecule has 2 aliphatic heterocycles. The Bertz CT molecular complexity index is 549. The van der Waals surface area contributed by atoms with E-state index in [-0.39, 0.29) is 12.0 Å². The van der Waals surface area contributed by atoms with E-state index in [1.54, 1.807) is 6.20 Å². The molecule has 0 radical (unpaired) electrons. The Morgan fingerprint density at radius 1 is 1.40 bits per heavy atom. The van der Waals surface area contributed by atoms with E-state index in [1.165, 1.54) is 0 Å². The maximum atomic E-state index is 12.3. The number of amides is 1. The van der Waals surface area contributed by atoms with Crippen molar-refractivity contribution in [1.29, 1.82) is 0 Å². The summed E-state index contributed by atoms with van der Waals surface area (Å²) in [6, 6.07) is 5.87. The van der Waals surface area contributed by atoms with Gasteiger partial charge >= 0.3 is 0 Å². The van der Waals surface area contributed by atoms with Gasteiger partial charge in [-0.05, 0) is 36.8 Å². The SMILES string of the molecule is CC(C)CCC(=O)N1C[C@H]2[C@@H](CCOCc3ccccn3)CO[C@H]2C1. The Morgan fingerprint density at radius 3 is 3.04 bits per heavy atom. The summed E-state index contributed by atoms with van der Waals surface area (Å²) in [4.78, 5) is 18.6. The van der Waals surface area contributed by atoms with Gasteiger partial charge in [-0.2, -0.15) is 0 Å². The standard InChI is InChI=1S/C20H30N2O3/c1-15(2)6-7-20(23)22-11-18-16(13-25-19(18)12-22)8-10-24-14-17-5-3-4-9-21-17/h3-5,9,15-16,18-19H,6-8,10-14H2,1-2H3/t16-,18-,19-/m0/s1. The van der Waals surface area contributed by atoms with E-state index in [0.29, 0.717) is 30.8 Å². The van der Waals surface area contributed by atoms with Gasteiger partial charge in [0, 0.05) is 38.2 Å². The first-order valence-electron chi connectivity index (χ1n) is 9.50. The van der Waals surface area contributed by atoms with Crippen molar-refractivity contribution in [3.05, 3.63) is 30.1 Å². The maximum absolute atomic E-state index is 12.3. The highest BCUT2D eigenvalue weighted by Crippen LogP contribution is 2.35. The van der Waals surface area contributed by atoms with Gasteiger partial charge in [0.05, 0.1) is 25.0 Å². The molecule has 0 aromatic carbocycles. The van der Waals surface area contributed by atoms with Crippen LogP contribution in [0.2, 0.25) is 0 Å². The van der Waals surface area contributed by atoms with Crippen molar-refractivity contribution in [1.82, 2.24) is 9.88 Å². The van der Waals surface area contributed by atoms with E-state index in [9.17, 15) is 4.79 Å². The highest BCUT2D eigenvalue weighted by atomic mass is 16.5. The number of rotatable bonds is 8. The lowest BCUT2D eigenvalue weighted by Gasteiger charge is -2.20. The van der Waals surface area contributed by atoms with Crippen LogP contribution in [0, 0.1) is 17.8 Å². The molecule has 2 saturated heterocycles. The second kappa shape index (κ2) is 8.77. The molecule has 3 atom stereocenters. The average Bonchev–Trinajstić information content (AvgIpc) is 3.19. The number of nitrogens with zero attached hydrogens (tertiary/aromatic N) is 2. The largest absolute Gasteiger partial charge is 0.376 e. The molecule has 0 unspecified atom stereocenters. The molecule has 0 aliphatic carbocycles. The van der Waals surface area contributed by atoms with Gasteiger partial charge in [0.15, 0.2) is 0 Å². The van der Waals surface area contributed by atoms with Crippen LogP contribution >= 0.6 is 0 Å². The third-order valence-corrected chi connectivity index (χ3v) is 5.34. The van der Waals surface area contributed by atoms with Crippen LogP contribution in [0.5, 0.6) is 0 Å². The zero-order valence-electron chi connectivity index (χ0n) is 15.4. The van der Waals surface area contributed by atoms with Crippen molar-refractivity contribution in [3.8, 4) is 0 Å². The van der Waals surface area contributed by atoms with Gasteiger partial charge in [0.25, 0.3) is 0 Å². The molecule has 1 aromatic rings. The first kappa shape index (κ1) is 18.3. The van der Waals surface area contributed by atoms with Gasteiger partial charge in [-0.15, -0.1) is 0 Å². The zero-order valence-corrected chi connectivity index (χ0v) is 15.4. The Morgan fingerprint density at radius 2 is 2.28 bits per heavy atom. The molecule has 1 aromatic heterocycles. The number of pyridine rings is 1. The van der Waals surface area contributed by atoms with Gasteiger partial charge in [-0.1, -0.05) is 19.9 Å². The highest BCUT2D eigenvalue weighted by molar-refractivity contribution is 5.76. The molecule has 3 rings (SSSR count). The van der Waals surface area contributed by atoms with Crippen LogP contribution in [-0.4, -0.2) is 48.2 Å². The van der Waals surface area contributed by atoms with Gasteiger partial charge in [-0.25, -0.2) is 0 Å². The zero-order chi connectivity index (χ0) is 17.6. The van der Waals surface area contributed by atoms with Gasteiger partial charge in [0.2, 0.25) is 5.91 Å². The lowest BCUT2D eigenvalue weighted by molar-refractivity contribution is -0.131. The molecule has 2 aliphatic rings. The van der Waals surface area contributed by atoms with Crippen LogP contribution in [0.4, 0.5) is 0 Å². The fourth-order valence-electron chi connectivity index (χ4n) is 3.77. The smallest absolute Gasteiger partial charge is 0.222 e. The predicted octanol–water partition coefficient (Wildman–Crippen LogP) is 2.90. The highest BCUT2D eigenvalue weighted by Gasteiger charge is 2.44.